The minimum absolute atomic E-state index is 0.0632. The average molecular weight is 287 g/mol. The van der Waals surface area contributed by atoms with Crippen LogP contribution in [0.3, 0.4) is 0 Å². The molecule has 0 atom stereocenters. The number of non-ortho nitro benzene ring substituents is 1. The van der Waals surface area contributed by atoms with E-state index >= 15 is 0 Å². The first-order valence-corrected chi connectivity index (χ1v) is 6.55. The standard InChI is InChI=1S/C16H17NO4/c1-16(2,18)13-5-9-15(10-6-13)21-11-12-3-7-14(8-4-12)17(19)20/h3-10,18H,11H2,1-2H3. The fraction of sp³-hybridized carbons (Fsp3) is 0.250. The van der Waals surface area contributed by atoms with Gasteiger partial charge in [-0.1, -0.05) is 12.1 Å². The fourth-order valence-electron chi connectivity index (χ4n) is 1.84. The first-order chi connectivity index (χ1) is 9.86. The monoisotopic (exact) mass is 287 g/mol. The quantitative estimate of drug-likeness (QED) is 0.675. The summed E-state index contributed by atoms with van der Waals surface area (Å²) in [6.07, 6.45) is 0. The average Bonchev–Trinajstić information content (AvgIpc) is 2.45. The zero-order valence-corrected chi connectivity index (χ0v) is 11.9. The van der Waals surface area contributed by atoms with Crippen molar-refractivity contribution in [1.29, 1.82) is 0 Å². The van der Waals surface area contributed by atoms with Crippen LogP contribution in [0.25, 0.3) is 0 Å². The predicted molar refractivity (Wildman–Crippen MR) is 79.1 cm³/mol. The number of rotatable bonds is 5. The highest BCUT2D eigenvalue weighted by Crippen LogP contribution is 2.23. The van der Waals surface area contributed by atoms with E-state index in [4.69, 9.17) is 4.74 Å². The van der Waals surface area contributed by atoms with Crippen LogP contribution in [0, 0.1) is 10.1 Å². The molecule has 0 aromatic heterocycles. The smallest absolute Gasteiger partial charge is 0.269 e. The third-order valence-corrected chi connectivity index (χ3v) is 3.11. The van der Waals surface area contributed by atoms with Crippen LogP contribution >= 0.6 is 0 Å². The molecule has 0 radical (unpaired) electrons. The summed E-state index contributed by atoms with van der Waals surface area (Å²) in [5.74, 6) is 0.682. The van der Waals surface area contributed by atoms with Crippen molar-refractivity contribution in [3.05, 3.63) is 69.8 Å². The third kappa shape index (κ3) is 4.03. The van der Waals surface area contributed by atoms with Gasteiger partial charge in [-0.25, -0.2) is 0 Å². The van der Waals surface area contributed by atoms with E-state index in [-0.39, 0.29) is 5.69 Å². The Bertz CT molecular complexity index is 612. The molecule has 0 saturated carbocycles. The zero-order valence-electron chi connectivity index (χ0n) is 11.9. The van der Waals surface area contributed by atoms with Gasteiger partial charge >= 0.3 is 0 Å². The number of nitro benzene ring substituents is 1. The second-order valence-corrected chi connectivity index (χ2v) is 5.30. The first-order valence-electron chi connectivity index (χ1n) is 6.55. The molecule has 0 fully saturated rings. The van der Waals surface area contributed by atoms with E-state index in [0.29, 0.717) is 12.4 Å². The summed E-state index contributed by atoms with van der Waals surface area (Å²) in [5, 5.41) is 20.4. The molecule has 5 nitrogen and oxygen atoms in total. The predicted octanol–water partition coefficient (Wildman–Crippen LogP) is 3.40. The van der Waals surface area contributed by atoms with Crippen molar-refractivity contribution in [2.24, 2.45) is 0 Å². The van der Waals surface area contributed by atoms with Crippen molar-refractivity contribution in [1.82, 2.24) is 0 Å². The highest BCUT2D eigenvalue weighted by Gasteiger charge is 2.15. The van der Waals surface area contributed by atoms with Crippen LogP contribution in [-0.4, -0.2) is 10.0 Å². The Morgan fingerprint density at radius 3 is 2.14 bits per heavy atom. The molecule has 0 aliphatic rings. The molecule has 5 heteroatoms. The molecule has 0 spiro atoms. The Labute approximate surface area is 123 Å². The Balaban J connectivity index is 1.98. The van der Waals surface area contributed by atoms with E-state index in [1.54, 1.807) is 38.1 Å². The summed E-state index contributed by atoms with van der Waals surface area (Å²) in [5.41, 5.74) is 0.849. The summed E-state index contributed by atoms with van der Waals surface area (Å²) in [6.45, 7) is 3.78. The Morgan fingerprint density at radius 2 is 1.67 bits per heavy atom. The van der Waals surface area contributed by atoms with Crippen LogP contribution in [0.5, 0.6) is 5.75 Å². The summed E-state index contributed by atoms with van der Waals surface area (Å²) < 4.78 is 5.61. The molecule has 0 amide bonds. The second-order valence-electron chi connectivity index (χ2n) is 5.30. The van der Waals surface area contributed by atoms with Crippen molar-refractivity contribution in [2.75, 3.05) is 0 Å². The lowest BCUT2D eigenvalue weighted by Gasteiger charge is -2.18. The molecule has 0 bridgehead atoms. The SMILES string of the molecule is CC(C)(O)c1ccc(OCc2ccc([N+](=O)[O-])cc2)cc1. The molecule has 110 valence electrons. The summed E-state index contributed by atoms with van der Waals surface area (Å²) >= 11 is 0. The first kappa shape index (κ1) is 15.0. The number of hydrogen-bond acceptors (Lipinski definition) is 4. The molecule has 0 heterocycles. The zero-order chi connectivity index (χ0) is 15.5. The molecule has 2 aromatic rings. The van der Waals surface area contributed by atoms with Crippen LogP contribution in [0.15, 0.2) is 48.5 Å². The molecular weight excluding hydrogens is 270 g/mol. The van der Waals surface area contributed by atoms with Crippen LogP contribution in [0.1, 0.15) is 25.0 Å². The maximum atomic E-state index is 10.6. The molecular formula is C16H17NO4. The molecule has 2 aromatic carbocycles. The van der Waals surface area contributed by atoms with E-state index in [1.165, 1.54) is 12.1 Å². The van der Waals surface area contributed by atoms with E-state index < -0.39 is 10.5 Å². The number of benzene rings is 2. The van der Waals surface area contributed by atoms with Crippen molar-refractivity contribution in [3.8, 4) is 5.75 Å². The van der Waals surface area contributed by atoms with Gasteiger partial charge in [0.2, 0.25) is 0 Å². The van der Waals surface area contributed by atoms with Crippen molar-refractivity contribution < 1.29 is 14.8 Å². The maximum Gasteiger partial charge on any atom is 0.269 e. The van der Waals surface area contributed by atoms with E-state index in [1.807, 2.05) is 12.1 Å². The van der Waals surface area contributed by atoms with Crippen LogP contribution in [-0.2, 0) is 12.2 Å². The summed E-state index contributed by atoms with van der Waals surface area (Å²) in [4.78, 5) is 10.1. The largest absolute Gasteiger partial charge is 0.489 e. The van der Waals surface area contributed by atoms with Gasteiger partial charge in [-0.3, -0.25) is 10.1 Å². The fourth-order valence-corrected chi connectivity index (χ4v) is 1.84. The van der Waals surface area contributed by atoms with E-state index in [9.17, 15) is 15.2 Å². The van der Waals surface area contributed by atoms with Gasteiger partial charge in [0, 0.05) is 12.1 Å². The van der Waals surface area contributed by atoms with Crippen molar-refractivity contribution in [3.63, 3.8) is 0 Å². The van der Waals surface area contributed by atoms with E-state index in [0.717, 1.165) is 11.1 Å². The number of ether oxygens (including phenoxy) is 1. The second kappa shape index (κ2) is 5.93. The van der Waals surface area contributed by atoms with E-state index in [2.05, 4.69) is 0 Å². The maximum absolute atomic E-state index is 10.6. The number of nitro groups is 1. The van der Waals surface area contributed by atoms with Gasteiger partial charge in [0.15, 0.2) is 0 Å². The molecule has 0 aliphatic carbocycles. The van der Waals surface area contributed by atoms with Crippen LogP contribution < -0.4 is 4.74 Å². The molecule has 0 aliphatic heterocycles. The lowest BCUT2D eigenvalue weighted by atomic mass is 9.99. The van der Waals surface area contributed by atoms with Gasteiger partial charge in [-0.2, -0.15) is 0 Å². The van der Waals surface area contributed by atoms with Gasteiger partial charge < -0.3 is 9.84 Å². The van der Waals surface area contributed by atoms with Gasteiger partial charge in [0.05, 0.1) is 10.5 Å². The molecule has 21 heavy (non-hydrogen) atoms. The molecule has 0 unspecified atom stereocenters. The summed E-state index contributed by atoms with van der Waals surface area (Å²) in [6, 6.07) is 13.5. The summed E-state index contributed by atoms with van der Waals surface area (Å²) in [7, 11) is 0. The number of aliphatic hydroxyl groups is 1. The minimum atomic E-state index is -0.878. The molecule has 0 saturated heterocycles. The Hall–Kier alpha value is -2.40. The highest BCUT2D eigenvalue weighted by molar-refractivity contribution is 5.33. The van der Waals surface area contributed by atoms with Crippen molar-refractivity contribution in [2.45, 2.75) is 26.1 Å². The Morgan fingerprint density at radius 1 is 1.10 bits per heavy atom. The normalized spacial score (nSPS) is 11.2. The lowest BCUT2D eigenvalue weighted by Crippen LogP contribution is -2.14. The van der Waals surface area contributed by atoms with Crippen LogP contribution in [0.4, 0.5) is 5.69 Å². The lowest BCUT2D eigenvalue weighted by molar-refractivity contribution is -0.384. The highest BCUT2D eigenvalue weighted by atomic mass is 16.6. The Kier molecular flexibility index (Phi) is 4.23. The van der Waals surface area contributed by atoms with Gasteiger partial charge in [-0.15, -0.1) is 0 Å². The number of hydrogen-bond donors (Lipinski definition) is 1. The van der Waals surface area contributed by atoms with Gasteiger partial charge in [0.1, 0.15) is 12.4 Å². The minimum Gasteiger partial charge on any atom is -0.489 e. The van der Waals surface area contributed by atoms with Crippen molar-refractivity contribution >= 4 is 5.69 Å². The topological polar surface area (TPSA) is 72.6 Å². The molecule has 2 rings (SSSR count). The van der Waals surface area contributed by atoms with Gasteiger partial charge in [-0.05, 0) is 49.2 Å². The number of nitrogens with zero attached hydrogens (tertiary/aromatic N) is 1. The van der Waals surface area contributed by atoms with Gasteiger partial charge in [0.25, 0.3) is 5.69 Å². The van der Waals surface area contributed by atoms with Crippen LogP contribution in [0.2, 0.25) is 0 Å². The molecule has 1 N–H and O–H groups in total. The third-order valence-electron chi connectivity index (χ3n) is 3.11.